The molecule has 1 atom stereocenters. The second-order valence-corrected chi connectivity index (χ2v) is 7.67. The summed E-state index contributed by atoms with van der Waals surface area (Å²) in [7, 11) is 0. The predicted octanol–water partition coefficient (Wildman–Crippen LogP) is 3.65. The SMILES string of the molecule is O=C1NC(=O)C(Cc2cccc3c2ccn3Cc2cccs2)S1. The number of nitrogens with zero attached hydrogens (tertiary/aromatic N) is 1. The summed E-state index contributed by atoms with van der Waals surface area (Å²) in [6.45, 7) is 0.849. The zero-order valence-electron chi connectivity index (χ0n) is 12.2. The molecule has 4 nitrogen and oxygen atoms in total. The summed E-state index contributed by atoms with van der Waals surface area (Å²) in [6, 6.07) is 12.4. The van der Waals surface area contributed by atoms with Gasteiger partial charge in [0, 0.05) is 22.0 Å². The average Bonchev–Trinajstić information content (AvgIpc) is 3.23. The molecule has 116 valence electrons. The third-order valence-corrected chi connectivity index (χ3v) is 5.83. The summed E-state index contributed by atoms with van der Waals surface area (Å²) >= 11 is 2.83. The van der Waals surface area contributed by atoms with Crippen molar-refractivity contribution in [2.75, 3.05) is 0 Å². The van der Waals surface area contributed by atoms with Gasteiger partial charge in [-0.3, -0.25) is 14.9 Å². The first-order valence-corrected chi connectivity index (χ1v) is 9.07. The number of hydrogen-bond donors (Lipinski definition) is 1. The first-order valence-electron chi connectivity index (χ1n) is 7.31. The molecular weight excluding hydrogens is 328 g/mol. The number of rotatable bonds is 4. The first-order chi connectivity index (χ1) is 11.2. The van der Waals surface area contributed by atoms with Gasteiger partial charge in [0.05, 0.1) is 11.8 Å². The summed E-state index contributed by atoms with van der Waals surface area (Å²) in [5.41, 5.74) is 2.26. The normalized spacial score (nSPS) is 17.8. The van der Waals surface area contributed by atoms with E-state index in [4.69, 9.17) is 0 Å². The highest BCUT2D eigenvalue weighted by molar-refractivity contribution is 8.15. The van der Waals surface area contributed by atoms with Crippen LogP contribution >= 0.6 is 23.1 Å². The lowest BCUT2D eigenvalue weighted by molar-refractivity contribution is -0.118. The molecule has 0 radical (unpaired) electrons. The highest BCUT2D eigenvalue weighted by Crippen LogP contribution is 2.28. The van der Waals surface area contributed by atoms with Crippen LogP contribution in [0.25, 0.3) is 10.9 Å². The maximum atomic E-state index is 11.8. The van der Waals surface area contributed by atoms with Crippen LogP contribution in [-0.4, -0.2) is 21.0 Å². The zero-order valence-corrected chi connectivity index (χ0v) is 13.8. The number of amides is 2. The Bertz CT molecular complexity index is 883. The van der Waals surface area contributed by atoms with Crippen molar-refractivity contribution in [1.29, 1.82) is 0 Å². The molecule has 6 heteroatoms. The number of nitrogens with one attached hydrogen (secondary N) is 1. The Hall–Kier alpha value is -2.05. The predicted molar refractivity (Wildman–Crippen MR) is 94.0 cm³/mol. The Kier molecular flexibility index (Phi) is 3.71. The standard InChI is InChI=1S/C17H14N2O2S2/c20-16-15(23-17(21)18-16)9-11-3-1-5-14-13(11)6-7-19(14)10-12-4-2-8-22-12/h1-8,15H,9-10H2,(H,18,20,21). The van der Waals surface area contributed by atoms with Gasteiger partial charge in [-0.15, -0.1) is 11.3 Å². The average molecular weight is 342 g/mol. The van der Waals surface area contributed by atoms with Gasteiger partial charge in [-0.05, 0) is 35.6 Å². The number of thioether (sulfide) groups is 1. The Morgan fingerprint density at radius 3 is 2.78 bits per heavy atom. The maximum absolute atomic E-state index is 11.8. The van der Waals surface area contributed by atoms with Crippen molar-refractivity contribution in [2.45, 2.75) is 18.2 Å². The minimum atomic E-state index is -0.325. The minimum absolute atomic E-state index is 0.185. The van der Waals surface area contributed by atoms with Gasteiger partial charge in [-0.1, -0.05) is 30.0 Å². The van der Waals surface area contributed by atoms with E-state index in [1.54, 1.807) is 11.3 Å². The van der Waals surface area contributed by atoms with Crippen LogP contribution in [-0.2, 0) is 17.8 Å². The van der Waals surface area contributed by atoms with Crippen LogP contribution < -0.4 is 5.32 Å². The summed E-state index contributed by atoms with van der Waals surface area (Å²) in [6.07, 6.45) is 2.66. The number of imide groups is 1. The molecule has 0 spiro atoms. The second kappa shape index (κ2) is 5.86. The lowest BCUT2D eigenvalue weighted by Gasteiger charge is -2.08. The third-order valence-electron chi connectivity index (χ3n) is 3.98. The molecule has 23 heavy (non-hydrogen) atoms. The van der Waals surface area contributed by atoms with Gasteiger partial charge in [0.25, 0.3) is 5.24 Å². The van der Waals surface area contributed by atoms with Crippen molar-refractivity contribution in [3.63, 3.8) is 0 Å². The summed E-state index contributed by atoms with van der Waals surface area (Å²) < 4.78 is 2.22. The van der Waals surface area contributed by atoms with Gasteiger partial charge in [0.1, 0.15) is 0 Å². The largest absolute Gasteiger partial charge is 0.342 e. The number of fused-ring (bicyclic) bond motifs is 1. The maximum Gasteiger partial charge on any atom is 0.286 e. The fraction of sp³-hybridized carbons (Fsp3) is 0.176. The molecule has 2 aromatic heterocycles. The molecule has 1 aromatic carbocycles. The van der Waals surface area contributed by atoms with E-state index in [2.05, 4.69) is 45.7 Å². The molecule has 0 aliphatic carbocycles. The van der Waals surface area contributed by atoms with Crippen LogP contribution in [0.3, 0.4) is 0 Å². The highest BCUT2D eigenvalue weighted by Gasteiger charge is 2.31. The van der Waals surface area contributed by atoms with Crippen molar-refractivity contribution in [3.8, 4) is 0 Å². The Morgan fingerprint density at radius 2 is 2.04 bits per heavy atom. The molecule has 1 aliphatic heterocycles. The van der Waals surface area contributed by atoms with Crippen molar-refractivity contribution in [2.24, 2.45) is 0 Å². The molecule has 4 rings (SSSR count). The van der Waals surface area contributed by atoms with Gasteiger partial charge < -0.3 is 4.57 Å². The van der Waals surface area contributed by atoms with Crippen molar-refractivity contribution in [3.05, 3.63) is 58.4 Å². The minimum Gasteiger partial charge on any atom is -0.342 e. The summed E-state index contributed by atoms with van der Waals surface area (Å²) in [4.78, 5) is 24.4. The molecule has 1 saturated heterocycles. The van der Waals surface area contributed by atoms with Crippen molar-refractivity contribution in [1.82, 2.24) is 9.88 Å². The van der Waals surface area contributed by atoms with Crippen LogP contribution in [0, 0.1) is 0 Å². The number of benzene rings is 1. The van der Waals surface area contributed by atoms with E-state index in [0.717, 1.165) is 34.8 Å². The Morgan fingerprint density at radius 1 is 1.13 bits per heavy atom. The second-order valence-electron chi connectivity index (χ2n) is 5.46. The quantitative estimate of drug-likeness (QED) is 0.787. The number of carbonyl (C=O) groups excluding carboxylic acids is 2. The van der Waals surface area contributed by atoms with E-state index < -0.39 is 0 Å². The number of thiophene rings is 1. The van der Waals surface area contributed by atoms with E-state index in [-0.39, 0.29) is 16.4 Å². The molecule has 1 fully saturated rings. The van der Waals surface area contributed by atoms with E-state index in [1.807, 2.05) is 12.1 Å². The lowest BCUT2D eigenvalue weighted by atomic mass is 10.0. The molecule has 1 aliphatic rings. The lowest BCUT2D eigenvalue weighted by Crippen LogP contribution is -2.25. The Labute approximate surface area is 141 Å². The number of carbonyl (C=O) groups is 2. The monoisotopic (exact) mass is 342 g/mol. The van der Waals surface area contributed by atoms with Gasteiger partial charge in [-0.2, -0.15) is 0 Å². The van der Waals surface area contributed by atoms with Crippen LogP contribution in [0.1, 0.15) is 10.4 Å². The summed E-state index contributed by atoms with van der Waals surface area (Å²) in [5.74, 6) is -0.185. The van der Waals surface area contributed by atoms with E-state index in [9.17, 15) is 9.59 Å². The fourth-order valence-corrected chi connectivity index (χ4v) is 4.45. The van der Waals surface area contributed by atoms with E-state index >= 15 is 0 Å². The first kappa shape index (κ1) is 14.5. The molecule has 0 bridgehead atoms. The van der Waals surface area contributed by atoms with E-state index in [1.165, 1.54) is 4.88 Å². The molecule has 2 amide bonds. The molecule has 0 saturated carbocycles. The van der Waals surface area contributed by atoms with Crippen LogP contribution in [0.15, 0.2) is 48.0 Å². The van der Waals surface area contributed by atoms with Gasteiger partial charge in [0.2, 0.25) is 5.91 Å². The van der Waals surface area contributed by atoms with Crippen LogP contribution in [0.5, 0.6) is 0 Å². The molecule has 1 N–H and O–H groups in total. The highest BCUT2D eigenvalue weighted by atomic mass is 32.2. The molecule has 3 aromatic rings. The van der Waals surface area contributed by atoms with Crippen molar-refractivity contribution >= 4 is 45.1 Å². The van der Waals surface area contributed by atoms with Crippen LogP contribution in [0.2, 0.25) is 0 Å². The third kappa shape index (κ3) is 2.80. The van der Waals surface area contributed by atoms with Crippen LogP contribution in [0.4, 0.5) is 4.79 Å². The molecule has 1 unspecified atom stereocenters. The number of hydrogen-bond acceptors (Lipinski definition) is 4. The number of aromatic nitrogens is 1. The fourth-order valence-electron chi connectivity index (χ4n) is 2.90. The topological polar surface area (TPSA) is 51.1 Å². The van der Waals surface area contributed by atoms with Gasteiger partial charge in [-0.25, -0.2) is 0 Å². The smallest absolute Gasteiger partial charge is 0.286 e. The van der Waals surface area contributed by atoms with Crippen molar-refractivity contribution < 1.29 is 9.59 Å². The zero-order chi connectivity index (χ0) is 15.8. The Balaban J connectivity index is 1.65. The van der Waals surface area contributed by atoms with E-state index in [0.29, 0.717) is 6.42 Å². The molecular formula is C17H14N2O2S2. The van der Waals surface area contributed by atoms with Gasteiger partial charge in [0.15, 0.2) is 0 Å². The van der Waals surface area contributed by atoms with Gasteiger partial charge >= 0.3 is 0 Å². The molecule has 3 heterocycles. The summed E-state index contributed by atoms with van der Waals surface area (Å²) in [5, 5.41) is 5.01.